The van der Waals surface area contributed by atoms with Gasteiger partial charge >= 0.3 is 0 Å². The molecule has 2 saturated heterocycles. The molecule has 169 valence electrons. The minimum absolute atomic E-state index is 0.0969. The molecule has 2 fully saturated rings. The maximum Gasteiger partial charge on any atom is 0.238 e. The van der Waals surface area contributed by atoms with E-state index < -0.39 is 30.4 Å². The number of amides is 1. The number of nitrogens with one attached hydrogen (secondary N) is 2. The Hall–Kier alpha value is -2.38. The standard InChI is InChI=1S/C19H27N6O6/c20-13(26)3-1-2-5-29-8-12-15(27)16(28)19(31-12)25-10-23-14-17(21-9-22-18(14)25)24-11-4-6-30-7-11/h9-12,15-16,19-20,27-28H,1-8H2,(H,21,22,24)/t11-,12-,15+,16-,19-/m1/s1. The van der Waals surface area contributed by atoms with Crippen LogP contribution in [0.4, 0.5) is 5.82 Å². The zero-order valence-electron chi connectivity index (χ0n) is 17.0. The molecule has 0 saturated carbocycles. The number of carbonyl (C=O) groups is 1. The van der Waals surface area contributed by atoms with Crippen molar-refractivity contribution in [3.8, 4) is 0 Å². The molecule has 0 bridgehead atoms. The number of aliphatic hydroxyl groups excluding tert-OH is 2. The summed E-state index contributed by atoms with van der Waals surface area (Å²) in [4.78, 5) is 23.6. The van der Waals surface area contributed by atoms with Gasteiger partial charge in [0, 0.05) is 19.6 Å². The smallest absolute Gasteiger partial charge is 0.238 e. The number of ether oxygens (including phenoxy) is 3. The number of nitrogens with zero attached hydrogens (tertiary/aromatic N) is 4. The first kappa shape index (κ1) is 21.8. The van der Waals surface area contributed by atoms with Gasteiger partial charge in [0.1, 0.15) is 24.6 Å². The third kappa shape index (κ3) is 4.93. The van der Waals surface area contributed by atoms with Gasteiger partial charge in [0.2, 0.25) is 5.91 Å². The third-order valence-corrected chi connectivity index (χ3v) is 5.47. The molecule has 12 nitrogen and oxygen atoms in total. The average Bonchev–Trinajstić information content (AvgIpc) is 3.47. The number of hydrogen-bond donors (Lipinski definition) is 3. The van der Waals surface area contributed by atoms with Crippen LogP contribution in [0.2, 0.25) is 0 Å². The molecule has 0 unspecified atom stereocenters. The first-order chi connectivity index (χ1) is 15.0. The summed E-state index contributed by atoms with van der Waals surface area (Å²) in [6.07, 6.45) is 1.31. The highest BCUT2D eigenvalue weighted by Crippen LogP contribution is 2.32. The number of fused-ring (bicyclic) bond motifs is 1. The molecule has 31 heavy (non-hydrogen) atoms. The van der Waals surface area contributed by atoms with Crippen LogP contribution in [0.15, 0.2) is 12.7 Å². The fraction of sp³-hybridized carbons (Fsp3) is 0.684. The summed E-state index contributed by atoms with van der Waals surface area (Å²) >= 11 is 0. The van der Waals surface area contributed by atoms with Gasteiger partial charge in [-0.2, -0.15) is 0 Å². The molecule has 4 N–H and O–H groups in total. The zero-order valence-corrected chi connectivity index (χ0v) is 17.0. The van der Waals surface area contributed by atoms with Gasteiger partial charge in [0.15, 0.2) is 23.2 Å². The van der Waals surface area contributed by atoms with E-state index in [1.165, 1.54) is 12.7 Å². The summed E-state index contributed by atoms with van der Waals surface area (Å²) in [5.41, 5.74) is 7.90. The summed E-state index contributed by atoms with van der Waals surface area (Å²) < 4.78 is 18.4. The Balaban J connectivity index is 1.39. The van der Waals surface area contributed by atoms with Crippen molar-refractivity contribution in [3.63, 3.8) is 0 Å². The summed E-state index contributed by atoms with van der Waals surface area (Å²) in [6.45, 7) is 1.78. The lowest BCUT2D eigenvalue weighted by Crippen LogP contribution is -2.34. The number of unbranched alkanes of at least 4 members (excludes halogenated alkanes) is 1. The van der Waals surface area contributed by atoms with Crippen LogP contribution < -0.4 is 11.1 Å². The molecule has 0 spiro atoms. The number of imidazole rings is 1. The largest absolute Gasteiger partial charge is 0.387 e. The van der Waals surface area contributed by atoms with Gasteiger partial charge in [-0.05, 0) is 19.3 Å². The monoisotopic (exact) mass is 435 g/mol. The van der Waals surface area contributed by atoms with Gasteiger partial charge in [-0.1, -0.05) is 0 Å². The molecular formula is C19H27N6O6. The fourth-order valence-corrected chi connectivity index (χ4v) is 3.77. The maximum atomic E-state index is 10.6. The molecule has 2 aromatic heterocycles. The number of rotatable bonds is 10. The number of anilines is 1. The van der Waals surface area contributed by atoms with Gasteiger partial charge in [-0.3, -0.25) is 15.1 Å². The highest BCUT2D eigenvalue weighted by molar-refractivity contribution is 5.82. The van der Waals surface area contributed by atoms with Crippen molar-refractivity contribution in [3.05, 3.63) is 12.7 Å². The van der Waals surface area contributed by atoms with Crippen LogP contribution in [0.5, 0.6) is 0 Å². The first-order valence-electron chi connectivity index (χ1n) is 10.4. The van der Waals surface area contributed by atoms with Crippen molar-refractivity contribution in [2.45, 2.75) is 56.3 Å². The van der Waals surface area contributed by atoms with Crippen LogP contribution in [0, 0.1) is 0 Å². The van der Waals surface area contributed by atoms with Gasteiger partial charge in [0.05, 0.1) is 25.6 Å². The number of carbonyl (C=O) groups excluding carboxylic acids is 1. The van der Waals surface area contributed by atoms with Gasteiger partial charge in [-0.15, -0.1) is 0 Å². The molecule has 12 heteroatoms. The molecule has 4 rings (SSSR count). The zero-order chi connectivity index (χ0) is 21.8. The predicted molar refractivity (Wildman–Crippen MR) is 107 cm³/mol. The van der Waals surface area contributed by atoms with E-state index in [0.29, 0.717) is 49.6 Å². The molecule has 2 aliphatic heterocycles. The van der Waals surface area contributed by atoms with Crippen LogP contribution >= 0.6 is 0 Å². The molecule has 1 radical (unpaired) electrons. The average molecular weight is 435 g/mol. The summed E-state index contributed by atoms with van der Waals surface area (Å²) in [5.74, 6) is -0.00913. The quantitative estimate of drug-likeness (QED) is 0.420. The number of hydrogen-bond acceptors (Lipinski definition) is 10. The Morgan fingerprint density at radius 1 is 1.29 bits per heavy atom. The predicted octanol–water partition coefficient (Wildman–Crippen LogP) is -0.357. The van der Waals surface area contributed by atoms with Crippen LogP contribution in [-0.4, -0.2) is 86.4 Å². The normalized spacial score (nSPS) is 28.4. The minimum Gasteiger partial charge on any atom is -0.387 e. The lowest BCUT2D eigenvalue weighted by Gasteiger charge is -2.17. The number of aliphatic hydroxyl groups is 2. The molecule has 2 aromatic rings. The highest BCUT2D eigenvalue weighted by Gasteiger charge is 2.44. The van der Waals surface area contributed by atoms with Crippen LogP contribution in [0.25, 0.3) is 11.2 Å². The van der Waals surface area contributed by atoms with Gasteiger partial charge in [0.25, 0.3) is 0 Å². The van der Waals surface area contributed by atoms with Crippen molar-refractivity contribution < 1.29 is 29.2 Å². The molecule has 0 aliphatic carbocycles. The molecule has 0 aromatic carbocycles. The van der Waals surface area contributed by atoms with E-state index in [1.807, 2.05) is 0 Å². The minimum atomic E-state index is -1.18. The topological polar surface area (TPSA) is 165 Å². The number of aromatic nitrogens is 4. The Kier molecular flexibility index (Phi) is 6.92. The van der Waals surface area contributed by atoms with Crippen molar-refractivity contribution in [2.75, 3.05) is 31.7 Å². The Bertz CT molecular complexity index is 888. The fourth-order valence-electron chi connectivity index (χ4n) is 3.77. The van der Waals surface area contributed by atoms with Crippen molar-refractivity contribution >= 4 is 22.9 Å². The highest BCUT2D eigenvalue weighted by atomic mass is 16.6. The van der Waals surface area contributed by atoms with E-state index in [9.17, 15) is 15.0 Å². The van der Waals surface area contributed by atoms with E-state index >= 15 is 0 Å². The van der Waals surface area contributed by atoms with Crippen LogP contribution in [-0.2, 0) is 19.0 Å². The Morgan fingerprint density at radius 2 is 2.16 bits per heavy atom. The summed E-state index contributed by atoms with van der Waals surface area (Å²) in [6, 6.07) is 0.152. The third-order valence-electron chi connectivity index (χ3n) is 5.47. The van der Waals surface area contributed by atoms with Crippen molar-refractivity contribution in [1.82, 2.24) is 25.3 Å². The lowest BCUT2D eigenvalue weighted by molar-refractivity contribution is -0.118. The second kappa shape index (κ2) is 9.83. The maximum absolute atomic E-state index is 10.6. The lowest BCUT2D eigenvalue weighted by atomic mass is 10.1. The van der Waals surface area contributed by atoms with Crippen LogP contribution in [0.3, 0.4) is 0 Å². The summed E-state index contributed by atoms with van der Waals surface area (Å²) in [5, 5.41) is 24.3. The van der Waals surface area contributed by atoms with E-state index in [1.54, 1.807) is 4.57 Å². The van der Waals surface area contributed by atoms with E-state index in [0.717, 1.165) is 6.42 Å². The molecule has 5 atom stereocenters. The molecule has 2 aliphatic rings. The second-order valence-electron chi connectivity index (χ2n) is 7.75. The molecular weight excluding hydrogens is 408 g/mol. The second-order valence-corrected chi connectivity index (χ2v) is 7.75. The SMILES string of the molecule is [NH]C(=O)CCCCOC[C@H]1O[C@@H](n2cnc3c(N[C@@H]4CCOC4)ncnc32)[C@H](O)[C@H]1O. The Morgan fingerprint density at radius 3 is 2.94 bits per heavy atom. The van der Waals surface area contributed by atoms with Crippen molar-refractivity contribution in [2.24, 2.45) is 0 Å². The van der Waals surface area contributed by atoms with Crippen molar-refractivity contribution in [1.29, 1.82) is 0 Å². The molecule has 4 heterocycles. The Labute approximate surface area is 178 Å². The van der Waals surface area contributed by atoms with E-state index in [-0.39, 0.29) is 19.1 Å². The van der Waals surface area contributed by atoms with Gasteiger partial charge in [-0.25, -0.2) is 15.0 Å². The molecule has 1 amide bonds. The first-order valence-corrected chi connectivity index (χ1v) is 10.4. The van der Waals surface area contributed by atoms with E-state index in [2.05, 4.69) is 20.3 Å². The van der Waals surface area contributed by atoms with Gasteiger partial charge < -0.3 is 29.7 Å². The van der Waals surface area contributed by atoms with E-state index in [4.69, 9.17) is 19.9 Å². The summed E-state index contributed by atoms with van der Waals surface area (Å²) in [7, 11) is 0. The van der Waals surface area contributed by atoms with Crippen LogP contribution in [0.1, 0.15) is 31.9 Å².